The predicted molar refractivity (Wildman–Crippen MR) is 102 cm³/mol. The molecule has 1 unspecified atom stereocenters. The van der Waals surface area contributed by atoms with Crippen molar-refractivity contribution in [2.75, 3.05) is 18.5 Å². The first kappa shape index (κ1) is 17.3. The van der Waals surface area contributed by atoms with Crippen LogP contribution in [0.3, 0.4) is 0 Å². The first-order valence-electron chi connectivity index (χ1n) is 8.68. The molecule has 128 valence electrons. The molecule has 0 saturated carbocycles. The van der Waals surface area contributed by atoms with Crippen molar-refractivity contribution in [3.05, 3.63) is 65.2 Å². The van der Waals surface area contributed by atoms with Crippen LogP contribution in [0, 0.1) is 0 Å². The fraction of sp³-hybridized carbons (Fsp3) is 0.429. The van der Waals surface area contributed by atoms with E-state index in [2.05, 4.69) is 49.5 Å². The van der Waals surface area contributed by atoms with E-state index in [0.29, 0.717) is 0 Å². The average Bonchev–Trinajstić information content (AvgIpc) is 2.57. The second-order valence-electron chi connectivity index (χ2n) is 7.36. The number of nitrogens with one attached hydrogen (secondary N) is 1. The second-order valence-corrected chi connectivity index (χ2v) is 7.80. The maximum atomic E-state index is 5.98. The average molecular weight is 344 g/mol. The van der Waals surface area contributed by atoms with Crippen LogP contribution in [0.15, 0.2) is 54.6 Å². The molecule has 2 aromatic carbocycles. The summed E-state index contributed by atoms with van der Waals surface area (Å²) in [5.74, 6) is 0. The Morgan fingerprint density at radius 1 is 1.04 bits per heavy atom. The zero-order valence-electron chi connectivity index (χ0n) is 14.5. The minimum atomic E-state index is -0.0750. The third-order valence-corrected chi connectivity index (χ3v) is 5.25. The Morgan fingerprint density at radius 3 is 2.42 bits per heavy atom. The van der Waals surface area contributed by atoms with Gasteiger partial charge in [-0.15, -0.1) is 0 Å². The molecule has 0 bridgehead atoms. The molecule has 1 aliphatic heterocycles. The van der Waals surface area contributed by atoms with Crippen LogP contribution < -0.4 is 5.32 Å². The molecule has 0 amide bonds. The fourth-order valence-corrected chi connectivity index (χ4v) is 4.01. The van der Waals surface area contributed by atoms with Gasteiger partial charge in [0, 0.05) is 29.3 Å². The van der Waals surface area contributed by atoms with Gasteiger partial charge in [-0.3, -0.25) is 0 Å². The van der Waals surface area contributed by atoms with E-state index in [0.717, 1.165) is 43.1 Å². The standard InChI is InChI=1S/C21H26ClNO/c1-20(2)16-21(13-15-24-20,17-6-4-3-5-7-17)12-14-23-19-10-8-18(22)9-11-19/h3-11,23H,12-16H2,1-2H3. The van der Waals surface area contributed by atoms with E-state index in [1.54, 1.807) is 0 Å². The quantitative estimate of drug-likeness (QED) is 0.755. The number of rotatable bonds is 5. The highest BCUT2D eigenvalue weighted by molar-refractivity contribution is 6.30. The molecule has 0 spiro atoms. The summed E-state index contributed by atoms with van der Waals surface area (Å²) in [5, 5.41) is 4.31. The molecule has 3 rings (SSSR count). The summed E-state index contributed by atoms with van der Waals surface area (Å²) in [6, 6.07) is 18.8. The summed E-state index contributed by atoms with van der Waals surface area (Å²) in [5.41, 5.74) is 2.64. The van der Waals surface area contributed by atoms with Gasteiger partial charge in [0.25, 0.3) is 0 Å². The molecule has 2 nitrogen and oxygen atoms in total. The van der Waals surface area contributed by atoms with Crippen LogP contribution in [0.5, 0.6) is 0 Å². The zero-order valence-corrected chi connectivity index (χ0v) is 15.3. The first-order valence-corrected chi connectivity index (χ1v) is 9.06. The highest BCUT2D eigenvalue weighted by Gasteiger charge is 2.41. The number of hydrogen-bond acceptors (Lipinski definition) is 2. The molecule has 1 aliphatic rings. The molecular formula is C21H26ClNO. The number of hydrogen-bond donors (Lipinski definition) is 1. The molecular weight excluding hydrogens is 318 g/mol. The highest BCUT2D eigenvalue weighted by atomic mass is 35.5. The number of halogens is 1. The van der Waals surface area contributed by atoms with Crippen molar-refractivity contribution >= 4 is 17.3 Å². The summed E-state index contributed by atoms with van der Waals surface area (Å²) in [7, 11) is 0. The van der Waals surface area contributed by atoms with Gasteiger partial charge in [0.05, 0.1) is 5.60 Å². The Kier molecular flexibility index (Phi) is 5.17. The van der Waals surface area contributed by atoms with Crippen molar-refractivity contribution in [3.8, 4) is 0 Å². The number of anilines is 1. The van der Waals surface area contributed by atoms with Gasteiger partial charge in [-0.25, -0.2) is 0 Å². The fourth-order valence-electron chi connectivity index (χ4n) is 3.89. The smallest absolute Gasteiger partial charge is 0.0635 e. The van der Waals surface area contributed by atoms with Gasteiger partial charge in [-0.05, 0) is 62.9 Å². The molecule has 0 aromatic heterocycles. The largest absolute Gasteiger partial charge is 0.385 e. The Bertz CT molecular complexity index is 653. The first-order chi connectivity index (χ1) is 11.5. The van der Waals surface area contributed by atoms with E-state index in [9.17, 15) is 0 Å². The maximum absolute atomic E-state index is 5.98. The van der Waals surface area contributed by atoms with Gasteiger partial charge in [-0.1, -0.05) is 41.9 Å². The predicted octanol–water partition coefficient (Wildman–Crippen LogP) is 5.67. The molecule has 1 heterocycles. The summed E-state index contributed by atoms with van der Waals surface area (Å²) in [4.78, 5) is 0. The van der Waals surface area contributed by atoms with Crippen LogP contribution in [0.2, 0.25) is 5.02 Å². The molecule has 1 N–H and O–H groups in total. The van der Waals surface area contributed by atoms with Gasteiger partial charge in [0.1, 0.15) is 0 Å². The van der Waals surface area contributed by atoms with Crippen molar-refractivity contribution in [1.29, 1.82) is 0 Å². The lowest BCUT2D eigenvalue weighted by Crippen LogP contribution is -2.44. The Labute approximate surface area is 150 Å². The molecule has 1 fully saturated rings. The Hall–Kier alpha value is -1.51. The Morgan fingerprint density at radius 2 is 1.75 bits per heavy atom. The third-order valence-electron chi connectivity index (χ3n) is 5.00. The van der Waals surface area contributed by atoms with E-state index in [-0.39, 0.29) is 11.0 Å². The number of ether oxygens (including phenoxy) is 1. The monoisotopic (exact) mass is 343 g/mol. The van der Waals surface area contributed by atoms with Crippen LogP contribution in [0.25, 0.3) is 0 Å². The topological polar surface area (TPSA) is 21.3 Å². The van der Waals surface area contributed by atoms with Gasteiger partial charge < -0.3 is 10.1 Å². The normalized spacial score (nSPS) is 23.0. The summed E-state index contributed by atoms with van der Waals surface area (Å²) in [6.07, 6.45) is 3.21. The van der Waals surface area contributed by atoms with Gasteiger partial charge in [-0.2, -0.15) is 0 Å². The van der Waals surface area contributed by atoms with E-state index in [1.807, 2.05) is 24.3 Å². The molecule has 0 aliphatic carbocycles. The highest BCUT2D eigenvalue weighted by Crippen LogP contribution is 2.43. The molecule has 0 radical (unpaired) electrons. The van der Waals surface area contributed by atoms with Crippen molar-refractivity contribution in [2.45, 2.75) is 44.1 Å². The molecule has 2 aromatic rings. The van der Waals surface area contributed by atoms with Crippen LogP contribution in [0.1, 0.15) is 38.7 Å². The zero-order chi connectivity index (χ0) is 17.0. The summed E-state index contributed by atoms with van der Waals surface area (Å²) < 4.78 is 5.98. The maximum Gasteiger partial charge on any atom is 0.0635 e. The van der Waals surface area contributed by atoms with Crippen molar-refractivity contribution in [1.82, 2.24) is 0 Å². The lowest BCUT2D eigenvalue weighted by molar-refractivity contribution is -0.0834. The SMILES string of the molecule is CC1(C)CC(CCNc2ccc(Cl)cc2)(c2ccccc2)CCO1. The van der Waals surface area contributed by atoms with E-state index >= 15 is 0 Å². The van der Waals surface area contributed by atoms with Gasteiger partial charge in [0.2, 0.25) is 0 Å². The van der Waals surface area contributed by atoms with Crippen LogP contribution >= 0.6 is 11.6 Å². The summed E-state index contributed by atoms with van der Waals surface area (Å²) >= 11 is 5.96. The van der Waals surface area contributed by atoms with Crippen LogP contribution in [-0.2, 0) is 10.2 Å². The third kappa shape index (κ3) is 4.12. The van der Waals surface area contributed by atoms with Crippen LogP contribution in [0.4, 0.5) is 5.69 Å². The van der Waals surface area contributed by atoms with Crippen molar-refractivity contribution in [3.63, 3.8) is 0 Å². The minimum absolute atomic E-state index is 0.0750. The summed E-state index contributed by atoms with van der Waals surface area (Å²) in [6.45, 7) is 6.17. The van der Waals surface area contributed by atoms with E-state index in [1.165, 1.54) is 5.56 Å². The van der Waals surface area contributed by atoms with Crippen molar-refractivity contribution < 1.29 is 4.74 Å². The minimum Gasteiger partial charge on any atom is -0.385 e. The lowest BCUT2D eigenvalue weighted by Gasteiger charge is -2.45. The Balaban J connectivity index is 1.74. The van der Waals surface area contributed by atoms with Gasteiger partial charge >= 0.3 is 0 Å². The van der Waals surface area contributed by atoms with Crippen molar-refractivity contribution in [2.24, 2.45) is 0 Å². The number of benzene rings is 2. The molecule has 24 heavy (non-hydrogen) atoms. The molecule has 1 saturated heterocycles. The lowest BCUT2D eigenvalue weighted by atomic mass is 9.67. The van der Waals surface area contributed by atoms with E-state index < -0.39 is 0 Å². The molecule has 1 atom stereocenters. The van der Waals surface area contributed by atoms with Gasteiger partial charge in [0.15, 0.2) is 0 Å². The molecule has 3 heteroatoms. The van der Waals surface area contributed by atoms with Crippen LogP contribution in [-0.4, -0.2) is 18.8 Å². The van der Waals surface area contributed by atoms with E-state index in [4.69, 9.17) is 16.3 Å². The second kappa shape index (κ2) is 7.16.